The summed E-state index contributed by atoms with van der Waals surface area (Å²) in [6, 6.07) is 6.73. The Hall–Kier alpha value is -1.60. The van der Waals surface area contributed by atoms with Gasteiger partial charge in [-0.05, 0) is 61.1 Å². The average molecular weight is 305 g/mol. The van der Waals surface area contributed by atoms with Crippen molar-refractivity contribution in [3.8, 4) is 5.75 Å². The lowest BCUT2D eigenvalue weighted by Crippen LogP contribution is -2.14. The zero-order chi connectivity index (χ0) is 14.8. The summed E-state index contributed by atoms with van der Waals surface area (Å²) in [5.41, 5.74) is 1.14. The minimum Gasteiger partial charge on any atom is -0.496 e. The van der Waals surface area contributed by atoms with Crippen LogP contribution in [0.5, 0.6) is 5.75 Å². The van der Waals surface area contributed by atoms with Crippen molar-refractivity contribution in [2.45, 2.75) is 41.9 Å². The number of tetrazole rings is 1. The van der Waals surface area contributed by atoms with E-state index in [4.69, 9.17) is 4.74 Å². The first-order valence-electron chi connectivity index (χ1n) is 7.04. The van der Waals surface area contributed by atoms with E-state index in [-0.39, 0.29) is 6.04 Å². The largest absolute Gasteiger partial charge is 0.496 e. The maximum Gasteiger partial charge on any atom is 0.214 e. The van der Waals surface area contributed by atoms with E-state index in [0.717, 1.165) is 34.2 Å². The van der Waals surface area contributed by atoms with Crippen LogP contribution in [0.4, 0.5) is 0 Å². The number of ether oxygens (including phenoxy) is 1. The lowest BCUT2D eigenvalue weighted by atomic mass is 10.1. The highest BCUT2D eigenvalue weighted by molar-refractivity contribution is 7.99. The summed E-state index contributed by atoms with van der Waals surface area (Å²) in [6.45, 7) is 2.12. The van der Waals surface area contributed by atoms with Gasteiger partial charge in [0.15, 0.2) is 0 Å². The molecule has 1 saturated carbocycles. The minimum atomic E-state index is 0.189. The Morgan fingerprint density at radius 3 is 2.90 bits per heavy atom. The van der Waals surface area contributed by atoms with Crippen LogP contribution in [-0.4, -0.2) is 34.4 Å². The van der Waals surface area contributed by atoms with Crippen molar-refractivity contribution in [3.05, 3.63) is 23.8 Å². The van der Waals surface area contributed by atoms with Crippen molar-refractivity contribution in [3.63, 3.8) is 0 Å². The number of hydrogen-bond donors (Lipinski definition) is 1. The Morgan fingerprint density at radius 1 is 1.43 bits per heavy atom. The minimum absolute atomic E-state index is 0.189. The van der Waals surface area contributed by atoms with E-state index in [9.17, 15) is 0 Å². The number of nitrogens with one attached hydrogen (secondary N) is 1. The molecule has 1 fully saturated rings. The molecule has 0 saturated heterocycles. The van der Waals surface area contributed by atoms with Crippen molar-refractivity contribution in [2.24, 2.45) is 0 Å². The van der Waals surface area contributed by atoms with Crippen LogP contribution in [0.25, 0.3) is 0 Å². The molecule has 7 heteroatoms. The predicted molar refractivity (Wildman–Crippen MR) is 80.7 cm³/mol. The van der Waals surface area contributed by atoms with Gasteiger partial charge >= 0.3 is 0 Å². The summed E-state index contributed by atoms with van der Waals surface area (Å²) in [5, 5.41) is 16.2. The van der Waals surface area contributed by atoms with Gasteiger partial charge in [0.2, 0.25) is 5.16 Å². The molecule has 0 radical (unpaired) electrons. The Bertz CT molecular complexity index is 626. The molecule has 1 aliphatic rings. The van der Waals surface area contributed by atoms with Crippen LogP contribution >= 0.6 is 11.8 Å². The predicted octanol–water partition coefficient (Wildman–Crippen LogP) is 2.45. The SMILES string of the molecule is CNC(C)c1c(OC)cccc1Sc1nnnn1C1CC1. The molecule has 1 N–H and O–H groups in total. The van der Waals surface area contributed by atoms with Crippen LogP contribution in [0.15, 0.2) is 28.3 Å². The van der Waals surface area contributed by atoms with Crippen LogP contribution in [0, 0.1) is 0 Å². The highest BCUT2D eigenvalue weighted by atomic mass is 32.2. The third-order valence-corrected chi connectivity index (χ3v) is 4.70. The lowest BCUT2D eigenvalue weighted by Gasteiger charge is -2.18. The maximum absolute atomic E-state index is 5.51. The van der Waals surface area contributed by atoms with Crippen LogP contribution in [0.1, 0.15) is 37.4 Å². The van der Waals surface area contributed by atoms with E-state index >= 15 is 0 Å². The molecule has 0 spiro atoms. The topological polar surface area (TPSA) is 64.9 Å². The van der Waals surface area contributed by atoms with Crippen molar-refractivity contribution in [1.82, 2.24) is 25.5 Å². The summed E-state index contributed by atoms with van der Waals surface area (Å²) in [5.74, 6) is 0.882. The van der Waals surface area contributed by atoms with E-state index in [2.05, 4.69) is 33.8 Å². The normalized spacial score (nSPS) is 16.0. The first-order valence-corrected chi connectivity index (χ1v) is 7.86. The maximum atomic E-state index is 5.51. The van der Waals surface area contributed by atoms with Crippen molar-refractivity contribution in [1.29, 1.82) is 0 Å². The molecule has 1 heterocycles. The molecular formula is C14H19N5OS. The summed E-state index contributed by atoms with van der Waals surface area (Å²) in [7, 11) is 3.64. The fraction of sp³-hybridized carbons (Fsp3) is 0.500. The molecule has 2 aromatic rings. The molecule has 0 bridgehead atoms. The van der Waals surface area contributed by atoms with E-state index in [1.54, 1.807) is 18.9 Å². The third kappa shape index (κ3) is 2.89. The molecule has 1 aromatic heterocycles. The fourth-order valence-electron chi connectivity index (χ4n) is 2.26. The first kappa shape index (κ1) is 14.3. The number of benzene rings is 1. The second-order valence-electron chi connectivity index (χ2n) is 5.12. The van der Waals surface area contributed by atoms with Gasteiger partial charge in [-0.15, -0.1) is 5.10 Å². The quantitative estimate of drug-likeness (QED) is 0.884. The van der Waals surface area contributed by atoms with Gasteiger partial charge in [-0.2, -0.15) is 0 Å². The van der Waals surface area contributed by atoms with E-state index in [0.29, 0.717) is 6.04 Å². The molecule has 3 rings (SSSR count). The smallest absolute Gasteiger partial charge is 0.214 e. The summed E-state index contributed by atoms with van der Waals surface area (Å²) < 4.78 is 7.43. The molecule has 1 aliphatic carbocycles. The second-order valence-corrected chi connectivity index (χ2v) is 6.13. The highest BCUT2D eigenvalue weighted by Crippen LogP contribution is 2.41. The Balaban J connectivity index is 1.95. The zero-order valence-corrected chi connectivity index (χ0v) is 13.2. The molecule has 1 atom stereocenters. The third-order valence-electron chi connectivity index (χ3n) is 3.67. The van der Waals surface area contributed by atoms with Gasteiger partial charge in [0.25, 0.3) is 0 Å². The second kappa shape index (κ2) is 6.03. The Morgan fingerprint density at radius 2 is 2.24 bits per heavy atom. The van der Waals surface area contributed by atoms with Gasteiger partial charge in [0.1, 0.15) is 5.75 Å². The van der Waals surface area contributed by atoms with Gasteiger partial charge in [-0.3, -0.25) is 0 Å². The average Bonchev–Trinajstić information content (AvgIpc) is 3.26. The standard InChI is InChI=1S/C14H19N5OS/c1-9(15-2)13-11(20-3)5-4-6-12(13)21-14-16-17-18-19(14)10-7-8-10/h4-6,9-10,15H,7-8H2,1-3H3. The number of nitrogens with zero attached hydrogens (tertiary/aromatic N) is 4. The van der Waals surface area contributed by atoms with Crippen LogP contribution in [0.3, 0.4) is 0 Å². The van der Waals surface area contributed by atoms with Crippen LogP contribution in [-0.2, 0) is 0 Å². The van der Waals surface area contributed by atoms with Crippen molar-refractivity contribution in [2.75, 3.05) is 14.2 Å². The molecule has 112 valence electrons. The molecular weight excluding hydrogens is 286 g/mol. The van der Waals surface area contributed by atoms with Crippen molar-refractivity contribution < 1.29 is 4.74 Å². The van der Waals surface area contributed by atoms with E-state index in [1.165, 1.54) is 0 Å². The van der Waals surface area contributed by atoms with Crippen LogP contribution < -0.4 is 10.1 Å². The van der Waals surface area contributed by atoms with Gasteiger partial charge in [-0.25, -0.2) is 4.68 Å². The monoisotopic (exact) mass is 305 g/mol. The number of hydrogen-bond acceptors (Lipinski definition) is 6. The Kier molecular flexibility index (Phi) is 4.12. The molecule has 0 amide bonds. The Labute approximate surface area is 128 Å². The molecule has 1 unspecified atom stereocenters. The molecule has 1 aromatic carbocycles. The van der Waals surface area contributed by atoms with Gasteiger partial charge in [0, 0.05) is 16.5 Å². The van der Waals surface area contributed by atoms with Crippen LogP contribution in [0.2, 0.25) is 0 Å². The van der Waals surface area contributed by atoms with Gasteiger partial charge in [-0.1, -0.05) is 6.07 Å². The number of methoxy groups -OCH3 is 1. The van der Waals surface area contributed by atoms with E-state index < -0.39 is 0 Å². The zero-order valence-electron chi connectivity index (χ0n) is 12.4. The first-order chi connectivity index (χ1) is 10.2. The fourth-order valence-corrected chi connectivity index (χ4v) is 3.35. The summed E-state index contributed by atoms with van der Waals surface area (Å²) in [4.78, 5) is 1.12. The number of rotatable bonds is 6. The summed E-state index contributed by atoms with van der Waals surface area (Å²) in [6.07, 6.45) is 2.33. The van der Waals surface area contributed by atoms with Gasteiger partial charge in [0.05, 0.1) is 13.2 Å². The molecule has 21 heavy (non-hydrogen) atoms. The van der Waals surface area contributed by atoms with E-state index in [1.807, 2.05) is 23.9 Å². The molecule has 0 aliphatic heterocycles. The lowest BCUT2D eigenvalue weighted by molar-refractivity contribution is 0.401. The highest BCUT2D eigenvalue weighted by Gasteiger charge is 2.28. The molecule has 6 nitrogen and oxygen atoms in total. The number of aromatic nitrogens is 4. The van der Waals surface area contributed by atoms with Crippen molar-refractivity contribution >= 4 is 11.8 Å². The van der Waals surface area contributed by atoms with Gasteiger partial charge < -0.3 is 10.1 Å². The summed E-state index contributed by atoms with van der Waals surface area (Å²) >= 11 is 1.60.